The molecule has 0 saturated carbocycles. The van der Waals surface area contributed by atoms with Crippen molar-refractivity contribution in [2.45, 2.75) is 26.4 Å². The lowest BCUT2D eigenvalue weighted by Gasteiger charge is -2.17. The van der Waals surface area contributed by atoms with E-state index in [0.29, 0.717) is 17.9 Å². The third-order valence-corrected chi connectivity index (χ3v) is 5.11. The third-order valence-electron chi connectivity index (χ3n) is 4.28. The summed E-state index contributed by atoms with van der Waals surface area (Å²) in [6.07, 6.45) is 1.90. The topological polar surface area (TPSA) is 42.4 Å². The predicted molar refractivity (Wildman–Crippen MR) is 109 cm³/mol. The molecule has 0 N–H and O–H groups in total. The Morgan fingerprint density at radius 2 is 1.96 bits per heavy atom. The fraction of sp³-hybridized carbons (Fsp3) is 0.273. The Morgan fingerprint density at radius 1 is 1.15 bits per heavy atom. The van der Waals surface area contributed by atoms with Crippen molar-refractivity contribution in [3.63, 3.8) is 0 Å². The average Bonchev–Trinajstić information content (AvgIpc) is 3.12. The van der Waals surface area contributed by atoms with E-state index >= 15 is 0 Å². The lowest BCUT2D eigenvalue weighted by molar-refractivity contribution is 0.0793. The Kier molecular flexibility index (Phi) is 6.60. The minimum atomic E-state index is 0.0121. The second kappa shape index (κ2) is 9.33. The van der Waals surface area contributed by atoms with Crippen LogP contribution in [0.3, 0.4) is 0 Å². The van der Waals surface area contributed by atoms with Crippen LogP contribution in [0, 0.1) is 6.92 Å². The largest absolute Gasteiger partial charge is 0.487 e. The van der Waals surface area contributed by atoms with Crippen LogP contribution < -0.4 is 4.74 Å². The van der Waals surface area contributed by atoms with Crippen molar-refractivity contribution in [1.82, 2.24) is 9.88 Å². The van der Waals surface area contributed by atoms with Gasteiger partial charge in [0, 0.05) is 24.5 Å². The Bertz CT molecular complexity index is 877. The van der Waals surface area contributed by atoms with Crippen molar-refractivity contribution >= 4 is 17.2 Å². The molecule has 5 heteroatoms. The molecule has 0 radical (unpaired) electrons. The number of nitrogens with zero attached hydrogens (tertiary/aromatic N) is 2. The van der Waals surface area contributed by atoms with Crippen molar-refractivity contribution in [2.75, 3.05) is 13.6 Å². The zero-order valence-electron chi connectivity index (χ0n) is 15.7. The van der Waals surface area contributed by atoms with Crippen molar-refractivity contribution in [2.24, 2.45) is 0 Å². The molecular formula is C22H24N2O2S. The van der Waals surface area contributed by atoms with Crippen LogP contribution in [0.4, 0.5) is 0 Å². The van der Waals surface area contributed by atoms with Gasteiger partial charge in [0.05, 0.1) is 10.7 Å². The standard InChI is InChI=1S/C22H24N2O2S/c1-17-23-20(16-27-17)15-26-21-12-6-11-19(14-21)22(25)24(2)13-7-10-18-8-4-3-5-9-18/h3-6,8-9,11-12,14,16H,7,10,13,15H2,1-2H3. The first-order valence-corrected chi connectivity index (χ1v) is 9.93. The van der Waals surface area contributed by atoms with Gasteiger partial charge < -0.3 is 9.64 Å². The molecule has 140 valence electrons. The molecule has 0 aliphatic heterocycles. The van der Waals surface area contributed by atoms with Crippen molar-refractivity contribution in [3.8, 4) is 5.75 Å². The van der Waals surface area contributed by atoms with E-state index in [1.807, 2.05) is 55.7 Å². The molecule has 0 saturated heterocycles. The van der Waals surface area contributed by atoms with Gasteiger partial charge in [-0.1, -0.05) is 36.4 Å². The van der Waals surface area contributed by atoms with Gasteiger partial charge in [0.1, 0.15) is 12.4 Å². The van der Waals surface area contributed by atoms with E-state index < -0.39 is 0 Å². The normalized spacial score (nSPS) is 10.6. The van der Waals surface area contributed by atoms with E-state index in [4.69, 9.17) is 4.74 Å². The molecule has 1 heterocycles. The molecule has 0 spiro atoms. The van der Waals surface area contributed by atoms with Gasteiger partial charge in [-0.2, -0.15) is 0 Å². The predicted octanol–water partition coefficient (Wildman–Crippen LogP) is 4.74. The second-order valence-electron chi connectivity index (χ2n) is 6.49. The molecule has 4 nitrogen and oxygen atoms in total. The van der Waals surface area contributed by atoms with Gasteiger partial charge in [0.15, 0.2) is 0 Å². The van der Waals surface area contributed by atoms with Gasteiger partial charge >= 0.3 is 0 Å². The highest BCUT2D eigenvalue weighted by atomic mass is 32.1. The zero-order chi connectivity index (χ0) is 19.1. The number of carbonyl (C=O) groups excluding carboxylic acids is 1. The molecule has 27 heavy (non-hydrogen) atoms. The molecule has 1 aromatic heterocycles. The van der Waals surface area contributed by atoms with Gasteiger partial charge in [-0.3, -0.25) is 4.79 Å². The minimum absolute atomic E-state index is 0.0121. The van der Waals surface area contributed by atoms with Crippen LogP contribution in [0.25, 0.3) is 0 Å². The summed E-state index contributed by atoms with van der Waals surface area (Å²) in [5.41, 5.74) is 2.85. The van der Waals surface area contributed by atoms with E-state index in [1.165, 1.54) is 5.56 Å². The number of amides is 1. The van der Waals surface area contributed by atoms with Crippen LogP contribution in [-0.4, -0.2) is 29.4 Å². The van der Waals surface area contributed by atoms with Crippen LogP contribution in [-0.2, 0) is 13.0 Å². The van der Waals surface area contributed by atoms with Crippen LogP contribution >= 0.6 is 11.3 Å². The monoisotopic (exact) mass is 380 g/mol. The SMILES string of the molecule is Cc1nc(COc2cccc(C(=O)N(C)CCCc3ccccc3)c2)cs1. The number of ether oxygens (including phenoxy) is 1. The molecule has 2 aromatic carbocycles. The fourth-order valence-electron chi connectivity index (χ4n) is 2.84. The number of aromatic nitrogens is 1. The van der Waals surface area contributed by atoms with Crippen LogP contribution in [0.2, 0.25) is 0 Å². The molecule has 0 aliphatic rings. The highest BCUT2D eigenvalue weighted by Crippen LogP contribution is 2.17. The van der Waals surface area contributed by atoms with E-state index in [-0.39, 0.29) is 5.91 Å². The van der Waals surface area contributed by atoms with Gasteiger partial charge in [-0.05, 0) is 43.5 Å². The van der Waals surface area contributed by atoms with Crippen molar-refractivity contribution in [1.29, 1.82) is 0 Å². The summed E-state index contributed by atoms with van der Waals surface area (Å²) < 4.78 is 5.79. The Hall–Kier alpha value is -2.66. The van der Waals surface area contributed by atoms with E-state index in [2.05, 4.69) is 17.1 Å². The summed E-state index contributed by atoms with van der Waals surface area (Å²) in [4.78, 5) is 18.8. The Balaban J connectivity index is 1.52. The van der Waals surface area contributed by atoms with Crippen molar-refractivity contribution < 1.29 is 9.53 Å². The fourth-order valence-corrected chi connectivity index (χ4v) is 3.43. The molecule has 0 atom stereocenters. The van der Waals surface area contributed by atoms with Gasteiger partial charge in [0.25, 0.3) is 5.91 Å². The minimum Gasteiger partial charge on any atom is -0.487 e. The van der Waals surface area contributed by atoms with E-state index in [9.17, 15) is 4.79 Å². The smallest absolute Gasteiger partial charge is 0.253 e. The highest BCUT2D eigenvalue weighted by molar-refractivity contribution is 7.09. The average molecular weight is 381 g/mol. The first-order chi connectivity index (χ1) is 13.1. The molecule has 3 rings (SSSR count). The molecule has 0 aliphatic carbocycles. The highest BCUT2D eigenvalue weighted by Gasteiger charge is 2.12. The summed E-state index contributed by atoms with van der Waals surface area (Å²) in [5.74, 6) is 0.696. The molecule has 1 amide bonds. The maximum Gasteiger partial charge on any atom is 0.253 e. The number of benzene rings is 2. The first kappa shape index (κ1) is 19.1. The quantitative estimate of drug-likeness (QED) is 0.567. The molecular weight excluding hydrogens is 356 g/mol. The number of hydrogen-bond acceptors (Lipinski definition) is 4. The van der Waals surface area contributed by atoms with Crippen LogP contribution in [0.1, 0.15) is 33.0 Å². The third kappa shape index (κ3) is 5.66. The summed E-state index contributed by atoms with van der Waals surface area (Å²) in [7, 11) is 1.85. The molecule has 0 fully saturated rings. The van der Waals surface area contributed by atoms with E-state index in [0.717, 1.165) is 30.1 Å². The zero-order valence-corrected chi connectivity index (χ0v) is 16.5. The molecule has 3 aromatic rings. The number of rotatable bonds is 8. The lowest BCUT2D eigenvalue weighted by atomic mass is 10.1. The summed E-state index contributed by atoms with van der Waals surface area (Å²) >= 11 is 1.61. The number of carbonyl (C=O) groups is 1. The van der Waals surface area contributed by atoms with Gasteiger partial charge in [-0.25, -0.2) is 4.98 Å². The van der Waals surface area contributed by atoms with Gasteiger partial charge in [-0.15, -0.1) is 11.3 Å². The maximum absolute atomic E-state index is 12.7. The van der Waals surface area contributed by atoms with Gasteiger partial charge in [0.2, 0.25) is 0 Å². The Labute approximate surface area is 164 Å². The molecule has 0 bridgehead atoms. The molecule has 0 unspecified atom stereocenters. The summed E-state index contributed by atoms with van der Waals surface area (Å²) in [6.45, 7) is 3.10. The second-order valence-corrected chi connectivity index (χ2v) is 7.55. The number of hydrogen-bond donors (Lipinski definition) is 0. The van der Waals surface area contributed by atoms with Crippen molar-refractivity contribution in [3.05, 3.63) is 81.8 Å². The number of thiazole rings is 1. The van der Waals surface area contributed by atoms with Crippen LogP contribution in [0.15, 0.2) is 60.0 Å². The van der Waals surface area contributed by atoms with E-state index in [1.54, 1.807) is 22.3 Å². The maximum atomic E-state index is 12.7. The number of aryl methyl sites for hydroxylation is 2. The Morgan fingerprint density at radius 3 is 2.70 bits per heavy atom. The lowest BCUT2D eigenvalue weighted by Crippen LogP contribution is -2.28. The summed E-state index contributed by atoms with van der Waals surface area (Å²) in [5, 5.41) is 3.01. The van der Waals surface area contributed by atoms with Crippen LogP contribution in [0.5, 0.6) is 5.75 Å². The first-order valence-electron chi connectivity index (χ1n) is 9.05. The summed E-state index contributed by atoms with van der Waals surface area (Å²) in [6, 6.07) is 17.7.